The van der Waals surface area contributed by atoms with Crippen molar-refractivity contribution < 1.29 is 27.5 Å². The van der Waals surface area contributed by atoms with Crippen LogP contribution < -0.4 is 10.1 Å². The summed E-state index contributed by atoms with van der Waals surface area (Å²) in [5, 5.41) is 2.96. The van der Waals surface area contributed by atoms with Crippen molar-refractivity contribution in [2.45, 2.75) is 25.6 Å². The number of sulfone groups is 1. The molecule has 0 bridgehead atoms. The van der Waals surface area contributed by atoms with Crippen molar-refractivity contribution in [3.8, 4) is 5.75 Å². The van der Waals surface area contributed by atoms with E-state index in [-0.39, 0.29) is 25.5 Å². The SMILES string of the molecule is CS(=O)(=O)CC[C@@H]1NC(=O)N(Cc2cc(Cl)cc3c2OCOC3)C1=O. The van der Waals surface area contributed by atoms with Crippen LogP contribution in [0.1, 0.15) is 17.5 Å². The summed E-state index contributed by atoms with van der Waals surface area (Å²) >= 11 is 6.09. The number of halogens is 1. The van der Waals surface area contributed by atoms with Crippen molar-refractivity contribution in [1.82, 2.24) is 10.2 Å². The molecule has 0 aromatic heterocycles. The summed E-state index contributed by atoms with van der Waals surface area (Å²) in [7, 11) is -3.22. The predicted molar refractivity (Wildman–Crippen MR) is 88.9 cm³/mol. The lowest BCUT2D eigenvalue weighted by molar-refractivity contribution is -0.127. The van der Waals surface area contributed by atoms with Gasteiger partial charge in [-0.2, -0.15) is 0 Å². The molecule has 0 unspecified atom stereocenters. The van der Waals surface area contributed by atoms with Crippen molar-refractivity contribution in [1.29, 1.82) is 0 Å². The summed E-state index contributed by atoms with van der Waals surface area (Å²) in [6.45, 7) is 0.404. The third-order valence-corrected chi connectivity index (χ3v) is 5.16. The number of urea groups is 1. The number of benzene rings is 1. The van der Waals surface area contributed by atoms with Crippen molar-refractivity contribution in [2.75, 3.05) is 18.8 Å². The Hall–Kier alpha value is -1.84. The predicted octanol–water partition coefficient (Wildman–Crippen LogP) is 1.06. The van der Waals surface area contributed by atoms with E-state index < -0.39 is 27.8 Å². The van der Waals surface area contributed by atoms with E-state index in [9.17, 15) is 18.0 Å². The van der Waals surface area contributed by atoms with Gasteiger partial charge in [0.15, 0.2) is 6.79 Å². The molecule has 8 nitrogen and oxygen atoms in total. The van der Waals surface area contributed by atoms with E-state index in [4.69, 9.17) is 21.1 Å². The minimum atomic E-state index is -3.22. The average Bonchev–Trinajstić information content (AvgIpc) is 2.79. The molecule has 136 valence electrons. The van der Waals surface area contributed by atoms with Crippen LogP contribution in [-0.4, -0.2) is 50.1 Å². The highest BCUT2D eigenvalue weighted by Gasteiger charge is 2.38. The largest absolute Gasteiger partial charge is 0.467 e. The van der Waals surface area contributed by atoms with Gasteiger partial charge in [-0.3, -0.25) is 9.69 Å². The molecule has 2 aliphatic rings. The van der Waals surface area contributed by atoms with Crippen LogP contribution in [0.5, 0.6) is 5.75 Å². The first-order valence-electron chi connectivity index (χ1n) is 7.56. The Morgan fingerprint density at radius 1 is 1.36 bits per heavy atom. The van der Waals surface area contributed by atoms with Crippen molar-refractivity contribution in [3.63, 3.8) is 0 Å². The van der Waals surface area contributed by atoms with Gasteiger partial charge in [-0.25, -0.2) is 13.2 Å². The van der Waals surface area contributed by atoms with Gasteiger partial charge < -0.3 is 14.8 Å². The van der Waals surface area contributed by atoms with E-state index in [0.29, 0.717) is 22.9 Å². The van der Waals surface area contributed by atoms with Crippen molar-refractivity contribution in [2.24, 2.45) is 0 Å². The quantitative estimate of drug-likeness (QED) is 0.757. The van der Waals surface area contributed by atoms with Gasteiger partial charge in [0.05, 0.1) is 18.9 Å². The second-order valence-corrected chi connectivity index (χ2v) is 8.71. The molecule has 2 heterocycles. The first-order valence-corrected chi connectivity index (χ1v) is 10.00. The van der Waals surface area contributed by atoms with Crippen LogP contribution in [0.15, 0.2) is 12.1 Å². The van der Waals surface area contributed by atoms with Crippen LogP contribution in [-0.2, 0) is 32.5 Å². The molecule has 1 aromatic carbocycles. The molecule has 3 amide bonds. The van der Waals surface area contributed by atoms with Gasteiger partial charge in [0, 0.05) is 22.4 Å². The molecule has 3 rings (SSSR count). The highest BCUT2D eigenvalue weighted by molar-refractivity contribution is 7.90. The number of imide groups is 1. The van der Waals surface area contributed by atoms with Crippen LogP contribution in [0, 0.1) is 0 Å². The number of ether oxygens (including phenoxy) is 2. The summed E-state index contributed by atoms with van der Waals surface area (Å²) in [5.41, 5.74) is 1.34. The van der Waals surface area contributed by atoms with Gasteiger partial charge in [0.25, 0.3) is 5.91 Å². The zero-order chi connectivity index (χ0) is 18.2. The summed E-state index contributed by atoms with van der Waals surface area (Å²) in [6, 6.07) is 1.93. The van der Waals surface area contributed by atoms with E-state index in [1.807, 2.05) is 0 Å². The molecule has 1 N–H and O–H groups in total. The fourth-order valence-corrected chi connectivity index (χ4v) is 3.73. The molecule has 0 aliphatic carbocycles. The number of carbonyl (C=O) groups is 2. The summed E-state index contributed by atoms with van der Waals surface area (Å²) < 4.78 is 33.2. The molecule has 1 fully saturated rings. The Labute approximate surface area is 149 Å². The Bertz CT molecular complexity index is 826. The van der Waals surface area contributed by atoms with Gasteiger partial charge in [-0.05, 0) is 18.6 Å². The number of hydrogen-bond donors (Lipinski definition) is 1. The second kappa shape index (κ2) is 6.81. The normalized spacial score (nSPS) is 20.2. The topological polar surface area (TPSA) is 102 Å². The van der Waals surface area contributed by atoms with E-state index in [1.54, 1.807) is 12.1 Å². The fraction of sp³-hybridized carbons (Fsp3) is 0.467. The number of nitrogens with zero attached hydrogens (tertiary/aromatic N) is 1. The molecular formula is C15H17ClN2O6S. The monoisotopic (exact) mass is 388 g/mol. The lowest BCUT2D eigenvalue weighted by atomic mass is 10.1. The Balaban J connectivity index is 1.78. The van der Waals surface area contributed by atoms with Gasteiger partial charge in [-0.15, -0.1) is 0 Å². The fourth-order valence-electron chi connectivity index (χ4n) is 2.80. The van der Waals surface area contributed by atoms with Crippen molar-refractivity contribution >= 4 is 33.4 Å². The molecule has 1 atom stereocenters. The van der Waals surface area contributed by atoms with Crippen LogP contribution in [0.25, 0.3) is 0 Å². The standard InChI is InChI=1S/C15H17ClN2O6S/c1-25(21,22)3-2-12-14(19)18(15(20)17-12)6-9-4-11(16)5-10-7-23-8-24-13(9)10/h4-5,12H,2-3,6-8H2,1H3,(H,17,20)/t12-/m0/s1. The first kappa shape index (κ1) is 18.0. The lowest BCUT2D eigenvalue weighted by Gasteiger charge is -2.23. The van der Waals surface area contributed by atoms with Crippen LogP contribution in [0.2, 0.25) is 5.02 Å². The van der Waals surface area contributed by atoms with Gasteiger partial charge in [0.2, 0.25) is 0 Å². The van der Waals surface area contributed by atoms with Crippen molar-refractivity contribution in [3.05, 3.63) is 28.3 Å². The number of carbonyl (C=O) groups excluding carboxylic acids is 2. The molecule has 1 aromatic rings. The number of rotatable bonds is 5. The lowest BCUT2D eigenvalue weighted by Crippen LogP contribution is -2.32. The van der Waals surface area contributed by atoms with Crippen LogP contribution in [0.4, 0.5) is 4.79 Å². The molecule has 2 aliphatic heterocycles. The maximum atomic E-state index is 12.4. The first-order chi connectivity index (χ1) is 11.7. The van der Waals surface area contributed by atoms with Gasteiger partial charge in [0.1, 0.15) is 21.6 Å². The Morgan fingerprint density at radius 3 is 2.84 bits per heavy atom. The minimum absolute atomic E-state index is 0.0110. The third kappa shape index (κ3) is 4.05. The summed E-state index contributed by atoms with van der Waals surface area (Å²) in [4.78, 5) is 25.6. The van der Waals surface area contributed by atoms with E-state index in [2.05, 4.69) is 5.32 Å². The zero-order valence-corrected chi connectivity index (χ0v) is 15.0. The Morgan fingerprint density at radius 2 is 2.12 bits per heavy atom. The van der Waals surface area contributed by atoms with E-state index in [1.165, 1.54) is 0 Å². The second-order valence-electron chi connectivity index (χ2n) is 6.01. The third-order valence-electron chi connectivity index (χ3n) is 3.96. The summed E-state index contributed by atoms with van der Waals surface area (Å²) in [5.74, 6) is -0.0878. The number of hydrogen-bond acceptors (Lipinski definition) is 6. The van der Waals surface area contributed by atoms with Gasteiger partial charge in [-0.1, -0.05) is 11.6 Å². The van der Waals surface area contributed by atoms with Crippen LogP contribution in [0.3, 0.4) is 0 Å². The maximum Gasteiger partial charge on any atom is 0.325 e. The number of fused-ring (bicyclic) bond motifs is 1. The zero-order valence-electron chi connectivity index (χ0n) is 13.5. The molecule has 10 heteroatoms. The molecule has 25 heavy (non-hydrogen) atoms. The van der Waals surface area contributed by atoms with Crippen LogP contribution >= 0.6 is 11.6 Å². The Kier molecular flexibility index (Phi) is 4.90. The van der Waals surface area contributed by atoms with Gasteiger partial charge >= 0.3 is 6.03 Å². The molecule has 0 saturated carbocycles. The maximum absolute atomic E-state index is 12.4. The number of amides is 3. The summed E-state index contributed by atoms with van der Waals surface area (Å²) in [6.07, 6.45) is 1.13. The smallest absolute Gasteiger partial charge is 0.325 e. The number of nitrogens with one attached hydrogen (secondary N) is 1. The molecule has 1 saturated heterocycles. The van der Waals surface area contributed by atoms with E-state index in [0.717, 1.165) is 16.7 Å². The van der Waals surface area contributed by atoms with E-state index >= 15 is 0 Å². The highest BCUT2D eigenvalue weighted by Crippen LogP contribution is 2.33. The highest BCUT2D eigenvalue weighted by atomic mass is 35.5. The average molecular weight is 389 g/mol. The molecule has 0 radical (unpaired) electrons. The minimum Gasteiger partial charge on any atom is -0.467 e. The molecule has 0 spiro atoms. The molecular weight excluding hydrogens is 372 g/mol.